The van der Waals surface area contributed by atoms with Crippen molar-refractivity contribution in [3.8, 4) is 11.5 Å². The number of hydrogen-bond donors (Lipinski definition) is 0. The summed E-state index contributed by atoms with van der Waals surface area (Å²) in [6.07, 6.45) is 0.984. The van der Waals surface area contributed by atoms with Crippen LogP contribution in [0.4, 0.5) is 4.79 Å². The number of ether oxygens (including phenoxy) is 4. The Kier molecular flexibility index (Phi) is 9.36. The first kappa shape index (κ1) is 27.5. The fraction of sp³-hybridized carbons (Fsp3) is 0.370. The molecular weight excluding hydrogens is 577 g/mol. The molecule has 2 amide bonds. The van der Waals surface area contributed by atoms with Gasteiger partial charge in [-0.3, -0.25) is 4.79 Å². The molecule has 1 unspecified atom stereocenters. The van der Waals surface area contributed by atoms with Crippen molar-refractivity contribution >= 4 is 18.0 Å². The monoisotopic (exact) mass is 608 g/mol. The summed E-state index contributed by atoms with van der Waals surface area (Å²) in [6, 6.07) is 13.8. The number of benzene rings is 2. The molecule has 2 aromatic rings. The van der Waals surface area contributed by atoms with E-state index in [1.54, 1.807) is 45.0 Å². The van der Waals surface area contributed by atoms with Gasteiger partial charge in [-0.1, -0.05) is 12.1 Å². The molecule has 1 atom stereocenters. The minimum atomic E-state index is -0.754. The molecule has 0 aromatic heterocycles. The van der Waals surface area contributed by atoms with Crippen molar-refractivity contribution in [1.29, 1.82) is 0 Å². The minimum absolute atomic E-state index is 0.0312. The Bertz CT molecular complexity index is 1100. The van der Waals surface area contributed by atoms with E-state index in [2.05, 4.69) is 4.93 Å². The summed E-state index contributed by atoms with van der Waals surface area (Å²) in [6.45, 7) is 6.77. The molecule has 0 saturated heterocycles. The van der Waals surface area contributed by atoms with Crippen LogP contribution >= 0.6 is 0 Å². The average Bonchev–Trinajstić information content (AvgIpc) is 3.11. The number of imide groups is 1. The van der Waals surface area contributed by atoms with Crippen LogP contribution in [0.15, 0.2) is 60.4 Å². The third kappa shape index (κ3) is 7.97. The molecule has 8 nitrogen and oxygen atoms in total. The molecule has 3 rings (SSSR count). The van der Waals surface area contributed by atoms with Gasteiger partial charge in [0.1, 0.15) is 5.75 Å². The SMILES string of the molecule is C[I-]COc1ccc(CC2C(OCc3ccc(OC(C)=O)cc3)=CC(=O)N2C(=O)OC(C)(C)C)cc1. The van der Waals surface area contributed by atoms with Gasteiger partial charge in [0.2, 0.25) is 0 Å². The van der Waals surface area contributed by atoms with Gasteiger partial charge >= 0.3 is 155 Å². The first-order valence-corrected chi connectivity index (χ1v) is 15.1. The van der Waals surface area contributed by atoms with Gasteiger partial charge < -0.3 is 4.74 Å². The Hall–Kier alpha value is -3.08. The number of carbonyl (C=O) groups excluding carboxylic acids is 3. The molecule has 0 spiro atoms. The van der Waals surface area contributed by atoms with Gasteiger partial charge in [-0.05, 0) is 32.9 Å². The number of alkyl halides is 2. The molecule has 2 aromatic carbocycles. The van der Waals surface area contributed by atoms with E-state index in [1.165, 1.54) is 13.0 Å². The van der Waals surface area contributed by atoms with E-state index < -0.39 is 29.6 Å². The van der Waals surface area contributed by atoms with Crippen LogP contribution in [0.1, 0.15) is 38.8 Å². The summed E-state index contributed by atoms with van der Waals surface area (Å²) in [7, 11) is 0. The number of carbonyl (C=O) groups is 3. The number of hydrogen-bond acceptors (Lipinski definition) is 7. The zero-order chi connectivity index (χ0) is 26.3. The summed E-state index contributed by atoms with van der Waals surface area (Å²) >= 11 is 0.0312. The van der Waals surface area contributed by atoms with E-state index in [-0.39, 0.29) is 27.8 Å². The van der Waals surface area contributed by atoms with Crippen LogP contribution in [0.3, 0.4) is 0 Å². The molecule has 0 radical (unpaired) electrons. The van der Waals surface area contributed by atoms with Crippen LogP contribution in [-0.4, -0.2) is 44.1 Å². The second-order valence-electron chi connectivity index (χ2n) is 9.15. The quantitative estimate of drug-likeness (QED) is 0.184. The molecule has 0 bridgehead atoms. The molecule has 1 aliphatic heterocycles. The fourth-order valence-electron chi connectivity index (χ4n) is 3.48. The van der Waals surface area contributed by atoms with Crippen molar-refractivity contribution in [1.82, 2.24) is 4.90 Å². The Morgan fingerprint density at radius 3 is 2.14 bits per heavy atom. The van der Waals surface area contributed by atoms with Gasteiger partial charge in [-0.25, -0.2) is 0 Å². The molecule has 1 heterocycles. The van der Waals surface area contributed by atoms with E-state index >= 15 is 0 Å². The van der Waals surface area contributed by atoms with Crippen LogP contribution in [0.5, 0.6) is 11.5 Å². The second kappa shape index (κ2) is 12.2. The molecule has 0 saturated carbocycles. The summed E-state index contributed by atoms with van der Waals surface area (Å²) in [5.41, 5.74) is 0.979. The standard InChI is InChI=1S/C27H31INO7/c1-18(30)35-22-12-8-20(9-13-22)16-33-24-15-25(31)29(26(32)36-27(2,3)4)23(24)14-19-6-10-21(11-7-19)34-17-28-5/h6-13,15,23H,14,16-17H2,1-5H3/q-1. The summed E-state index contributed by atoms with van der Waals surface area (Å²) in [5, 5.41) is 0. The number of esters is 1. The number of halogens is 1. The van der Waals surface area contributed by atoms with Crippen LogP contribution in [0, 0.1) is 0 Å². The zero-order valence-corrected chi connectivity index (χ0v) is 23.2. The van der Waals surface area contributed by atoms with Gasteiger partial charge in [0, 0.05) is 6.92 Å². The van der Waals surface area contributed by atoms with Crippen molar-refractivity contribution < 1.29 is 54.5 Å². The summed E-state index contributed by atoms with van der Waals surface area (Å²) in [4.78, 5) is 40.1. The van der Waals surface area contributed by atoms with Crippen molar-refractivity contribution in [2.75, 3.05) is 9.54 Å². The molecule has 9 heteroatoms. The molecule has 1 aliphatic rings. The Labute approximate surface area is 221 Å². The number of amides is 2. The predicted octanol–water partition coefficient (Wildman–Crippen LogP) is 1.46. The van der Waals surface area contributed by atoms with Gasteiger partial charge in [0.15, 0.2) is 0 Å². The van der Waals surface area contributed by atoms with Crippen molar-refractivity contribution in [2.24, 2.45) is 0 Å². The normalized spacial score (nSPS) is 15.5. The van der Waals surface area contributed by atoms with Crippen molar-refractivity contribution in [3.63, 3.8) is 0 Å². The van der Waals surface area contributed by atoms with Crippen LogP contribution in [0.2, 0.25) is 0 Å². The van der Waals surface area contributed by atoms with Crippen LogP contribution in [0.25, 0.3) is 0 Å². The van der Waals surface area contributed by atoms with E-state index in [0.29, 0.717) is 17.9 Å². The molecule has 0 N–H and O–H groups in total. The van der Waals surface area contributed by atoms with Gasteiger partial charge in [-0.2, -0.15) is 0 Å². The van der Waals surface area contributed by atoms with E-state index in [0.717, 1.165) is 26.4 Å². The van der Waals surface area contributed by atoms with Gasteiger partial charge in [0.25, 0.3) is 0 Å². The number of rotatable bonds is 9. The Morgan fingerprint density at radius 2 is 1.56 bits per heavy atom. The topological polar surface area (TPSA) is 91.4 Å². The third-order valence-electron chi connectivity index (χ3n) is 5.01. The zero-order valence-electron chi connectivity index (χ0n) is 21.1. The Balaban J connectivity index is 1.77. The van der Waals surface area contributed by atoms with Gasteiger partial charge in [-0.15, -0.1) is 0 Å². The molecule has 194 valence electrons. The molecule has 0 aliphatic carbocycles. The average molecular weight is 608 g/mol. The van der Waals surface area contributed by atoms with Crippen molar-refractivity contribution in [2.45, 2.75) is 52.4 Å². The van der Waals surface area contributed by atoms with E-state index in [4.69, 9.17) is 18.9 Å². The van der Waals surface area contributed by atoms with Crippen LogP contribution < -0.4 is 30.7 Å². The van der Waals surface area contributed by atoms with Crippen LogP contribution in [-0.2, 0) is 32.1 Å². The second-order valence-corrected chi connectivity index (χ2v) is 11.3. The molecular formula is C27H31INO7-. The van der Waals surface area contributed by atoms with E-state index in [1.807, 2.05) is 24.3 Å². The van der Waals surface area contributed by atoms with Gasteiger partial charge in [0.05, 0.1) is 0 Å². The number of nitrogens with zero attached hydrogens (tertiary/aromatic N) is 1. The first-order valence-electron chi connectivity index (χ1n) is 11.4. The maximum atomic E-state index is 12.9. The predicted molar refractivity (Wildman–Crippen MR) is 129 cm³/mol. The summed E-state index contributed by atoms with van der Waals surface area (Å²) < 4.78 is 23.0. The fourth-order valence-corrected chi connectivity index (χ4v) is 4.15. The summed E-state index contributed by atoms with van der Waals surface area (Å²) in [5.74, 6) is 0.720. The molecule has 36 heavy (non-hydrogen) atoms. The van der Waals surface area contributed by atoms with E-state index in [9.17, 15) is 14.4 Å². The Morgan fingerprint density at radius 1 is 0.944 bits per heavy atom. The molecule has 0 fully saturated rings. The van der Waals surface area contributed by atoms with Crippen molar-refractivity contribution in [3.05, 3.63) is 71.5 Å². The maximum absolute atomic E-state index is 12.9. The first-order chi connectivity index (χ1) is 17.1. The third-order valence-corrected chi connectivity index (χ3v) is 5.94.